The topological polar surface area (TPSA) is 183 Å². The van der Waals surface area contributed by atoms with Gasteiger partial charge in [0.15, 0.2) is 0 Å². The van der Waals surface area contributed by atoms with E-state index >= 15 is 0 Å². The fourth-order valence-corrected chi connectivity index (χ4v) is 5.64. The zero-order chi connectivity index (χ0) is 41.3. The van der Waals surface area contributed by atoms with E-state index < -0.39 is 11.9 Å². The third-order valence-corrected chi connectivity index (χ3v) is 8.34. The van der Waals surface area contributed by atoms with Crippen LogP contribution in [0.3, 0.4) is 0 Å². The second-order valence-corrected chi connectivity index (χ2v) is 12.4. The van der Waals surface area contributed by atoms with Gasteiger partial charge in [0.2, 0.25) is 0 Å². The van der Waals surface area contributed by atoms with Crippen molar-refractivity contribution >= 4 is 46.1 Å². The highest BCUT2D eigenvalue weighted by Crippen LogP contribution is 2.26. The van der Waals surface area contributed by atoms with Gasteiger partial charge in [0.1, 0.15) is 23.0 Å². The molecule has 15 nitrogen and oxygen atoms in total. The van der Waals surface area contributed by atoms with E-state index in [0.717, 1.165) is 44.1 Å². The van der Waals surface area contributed by atoms with Gasteiger partial charge in [-0.2, -0.15) is 0 Å². The second-order valence-electron chi connectivity index (χ2n) is 12.4. The highest BCUT2D eigenvalue weighted by atomic mass is 35.5. The van der Waals surface area contributed by atoms with E-state index in [1.807, 2.05) is 21.5 Å². The van der Waals surface area contributed by atoms with Gasteiger partial charge in [-0.15, -0.1) is 12.4 Å². The van der Waals surface area contributed by atoms with Crippen molar-refractivity contribution in [2.45, 2.75) is 26.3 Å². The van der Waals surface area contributed by atoms with Crippen LogP contribution in [-0.2, 0) is 45.3 Å². The first-order valence-corrected chi connectivity index (χ1v) is 17.6. The minimum Gasteiger partial charge on any atom is -0.477 e. The number of carboxylic acids is 1. The Morgan fingerprint density at radius 1 is 0.741 bits per heavy atom. The first-order chi connectivity index (χ1) is 27.5. The molecule has 0 bridgehead atoms. The predicted octanol–water partition coefficient (Wildman–Crippen LogP) is 5.95. The number of carboxylic acid groups (broad SMARTS) is 1. The van der Waals surface area contributed by atoms with Gasteiger partial charge in [0.25, 0.3) is 5.91 Å². The molecular formula is C40H47ClF2N6O9. The lowest BCUT2D eigenvalue weighted by molar-refractivity contribution is -0.0379. The largest absolute Gasteiger partial charge is 0.477 e. The summed E-state index contributed by atoms with van der Waals surface area (Å²) in [6, 6.07) is 15.7. The molecule has 312 valence electrons. The number of carbonyl (C=O) groups excluding carboxylic acids is 1. The van der Waals surface area contributed by atoms with Crippen molar-refractivity contribution in [3.8, 4) is 0 Å². The molecule has 0 aliphatic heterocycles. The maximum Gasteiger partial charge on any atom is 0.354 e. The van der Waals surface area contributed by atoms with E-state index in [1.54, 1.807) is 68.5 Å². The molecule has 6 aromatic rings. The molecular weight excluding hydrogens is 782 g/mol. The van der Waals surface area contributed by atoms with Gasteiger partial charge < -0.3 is 38.4 Å². The van der Waals surface area contributed by atoms with Crippen molar-refractivity contribution in [3.63, 3.8) is 0 Å². The van der Waals surface area contributed by atoms with Crippen LogP contribution >= 0.6 is 12.4 Å². The molecule has 0 aliphatic rings. The van der Waals surface area contributed by atoms with Crippen LogP contribution in [0.25, 0.3) is 21.8 Å². The standard InChI is InChI=1S/C20H22FN3O4.C19H19FN2O4.CH5NO.ClH/c1-23(26)20(25)18-9-17-15(13-28-8-7-27-2)12-24(19(17)10-22-18)11-14-3-5-16(21)6-4-14;1-25-6-7-26-12-14-11-22(10-13-2-4-15(20)5-3-13)18-9-21-17(19(23)24)8-16(14)18;1-2-3;/h3-6,9-10,12,26H,7-8,11,13H2,1-2H3;2-5,8-9,11H,6-7,10,12H2,1H3,(H,23,24);2-3H,1H3;1H. The summed E-state index contributed by atoms with van der Waals surface area (Å²) in [6.45, 7) is 3.55. The number of hydrogen-bond acceptors (Lipinski definition) is 11. The first kappa shape index (κ1) is 47.0. The van der Waals surface area contributed by atoms with Gasteiger partial charge in [-0.05, 0) is 47.5 Å². The lowest BCUT2D eigenvalue weighted by Crippen LogP contribution is -2.23. The highest BCUT2D eigenvalue weighted by molar-refractivity contribution is 5.96. The average molecular weight is 829 g/mol. The number of aromatic nitrogens is 4. The summed E-state index contributed by atoms with van der Waals surface area (Å²) in [6.07, 6.45) is 6.97. The molecule has 4 aromatic heterocycles. The summed E-state index contributed by atoms with van der Waals surface area (Å²) in [5.74, 6) is -2.25. The average Bonchev–Trinajstić information content (AvgIpc) is 3.73. The van der Waals surface area contributed by atoms with Gasteiger partial charge >= 0.3 is 5.97 Å². The van der Waals surface area contributed by atoms with E-state index in [4.69, 9.17) is 24.2 Å². The summed E-state index contributed by atoms with van der Waals surface area (Å²) in [5, 5.41) is 28.0. The highest BCUT2D eigenvalue weighted by Gasteiger charge is 2.17. The molecule has 0 saturated carbocycles. The summed E-state index contributed by atoms with van der Waals surface area (Å²) in [7, 11) is 5.89. The fraction of sp³-hybridized carbons (Fsp3) is 0.300. The van der Waals surface area contributed by atoms with Gasteiger partial charge in [-0.3, -0.25) is 10.0 Å². The molecule has 0 fully saturated rings. The number of amides is 1. The smallest absolute Gasteiger partial charge is 0.354 e. The number of benzene rings is 2. The Balaban J connectivity index is 0.000000287. The van der Waals surface area contributed by atoms with Crippen LogP contribution in [0.2, 0.25) is 0 Å². The van der Waals surface area contributed by atoms with Crippen LogP contribution in [0.5, 0.6) is 0 Å². The molecule has 4 N–H and O–H groups in total. The summed E-state index contributed by atoms with van der Waals surface area (Å²) >= 11 is 0. The number of hydrogen-bond donors (Lipinski definition) is 4. The number of hydroxylamine groups is 3. The quantitative estimate of drug-likeness (QED) is 0.0512. The minimum absolute atomic E-state index is 0. The van der Waals surface area contributed by atoms with E-state index in [1.165, 1.54) is 38.4 Å². The van der Waals surface area contributed by atoms with E-state index in [0.29, 0.717) is 57.8 Å². The van der Waals surface area contributed by atoms with Gasteiger partial charge in [-0.1, -0.05) is 24.3 Å². The Labute approximate surface area is 339 Å². The Morgan fingerprint density at radius 3 is 1.52 bits per heavy atom. The third-order valence-electron chi connectivity index (χ3n) is 8.34. The lowest BCUT2D eigenvalue weighted by atomic mass is 10.2. The van der Waals surface area contributed by atoms with E-state index in [2.05, 4.69) is 9.97 Å². The van der Waals surface area contributed by atoms with Crippen LogP contribution in [0.4, 0.5) is 8.78 Å². The van der Waals surface area contributed by atoms with Gasteiger partial charge in [-0.25, -0.2) is 34.1 Å². The lowest BCUT2D eigenvalue weighted by Gasteiger charge is -2.09. The minimum atomic E-state index is -1.08. The molecule has 2 aromatic carbocycles. The second kappa shape index (κ2) is 23.8. The van der Waals surface area contributed by atoms with Gasteiger partial charge in [0.05, 0.1) is 63.1 Å². The molecule has 0 unspecified atom stereocenters. The van der Waals surface area contributed by atoms with Crippen LogP contribution in [0, 0.1) is 11.6 Å². The number of aromatic carboxylic acids is 1. The van der Waals surface area contributed by atoms with Crippen molar-refractivity contribution in [2.75, 3.05) is 54.7 Å². The molecule has 0 atom stereocenters. The number of methoxy groups -OCH3 is 2. The molecule has 0 saturated heterocycles. The molecule has 58 heavy (non-hydrogen) atoms. The van der Waals surface area contributed by atoms with E-state index in [9.17, 15) is 28.7 Å². The van der Waals surface area contributed by atoms with Crippen molar-refractivity contribution < 1.29 is 52.8 Å². The molecule has 0 aliphatic carbocycles. The normalized spacial score (nSPS) is 10.7. The Hall–Kier alpha value is -5.37. The molecule has 0 radical (unpaired) electrons. The molecule has 4 heterocycles. The number of nitrogens with zero attached hydrogens (tertiary/aromatic N) is 5. The van der Waals surface area contributed by atoms with Crippen molar-refractivity contribution in [1.82, 2.24) is 29.6 Å². The van der Waals surface area contributed by atoms with Crippen LogP contribution in [-0.4, -0.2) is 106 Å². The number of nitrogens with one attached hydrogen (secondary N) is 1. The van der Waals surface area contributed by atoms with Crippen LogP contribution in [0.1, 0.15) is 43.2 Å². The predicted molar refractivity (Wildman–Crippen MR) is 212 cm³/mol. The van der Waals surface area contributed by atoms with Crippen LogP contribution < -0.4 is 5.48 Å². The first-order valence-electron chi connectivity index (χ1n) is 17.6. The summed E-state index contributed by atoms with van der Waals surface area (Å²) < 4.78 is 51.4. The maximum absolute atomic E-state index is 13.2. The number of carbonyl (C=O) groups is 2. The summed E-state index contributed by atoms with van der Waals surface area (Å²) in [4.78, 5) is 31.5. The van der Waals surface area contributed by atoms with E-state index in [-0.39, 0.29) is 35.4 Å². The monoisotopic (exact) mass is 828 g/mol. The molecule has 6 rings (SSSR count). The summed E-state index contributed by atoms with van der Waals surface area (Å²) in [5.41, 5.74) is 7.08. The number of pyridine rings is 2. The fourth-order valence-electron chi connectivity index (χ4n) is 5.64. The Morgan fingerprint density at radius 2 is 1.14 bits per heavy atom. The third kappa shape index (κ3) is 13.4. The van der Waals surface area contributed by atoms with Crippen LogP contribution in [0.15, 0.2) is 85.5 Å². The zero-order valence-electron chi connectivity index (χ0n) is 32.4. The number of fused-ring (bicyclic) bond motifs is 2. The van der Waals surface area contributed by atoms with Crippen molar-refractivity contribution in [2.24, 2.45) is 0 Å². The van der Waals surface area contributed by atoms with Crippen molar-refractivity contribution in [1.29, 1.82) is 0 Å². The zero-order valence-corrected chi connectivity index (χ0v) is 33.2. The molecule has 1 amide bonds. The molecule has 0 spiro atoms. The number of rotatable bonds is 16. The number of ether oxygens (including phenoxy) is 4. The SMILES string of the molecule is CNO.COCCOCc1cn(Cc2ccc(F)cc2)c2cnc(C(=O)N(C)O)cc12.COCCOCc1cn(Cc2ccc(F)cc2)c2cnc(C(=O)O)cc12.Cl. The Bertz CT molecular complexity index is 2200. The van der Waals surface area contributed by atoms with Crippen molar-refractivity contribution in [3.05, 3.63) is 131 Å². The maximum atomic E-state index is 13.2. The Kier molecular flexibility index (Phi) is 19.3. The number of halogens is 3. The molecule has 18 heteroatoms. The van der Waals surface area contributed by atoms with Gasteiger partial charge in [0, 0.05) is 75.7 Å².